The van der Waals surface area contributed by atoms with Crippen LogP contribution in [0.5, 0.6) is 0 Å². The summed E-state index contributed by atoms with van der Waals surface area (Å²) in [4.78, 5) is 11.4. The zero-order chi connectivity index (χ0) is 14.0. The molecule has 0 unspecified atom stereocenters. The molecule has 0 bridgehead atoms. The number of anilines is 1. The van der Waals surface area contributed by atoms with Crippen LogP contribution in [0.15, 0.2) is 41.9 Å². The van der Waals surface area contributed by atoms with Crippen LogP contribution in [0.2, 0.25) is 5.02 Å². The normalized spacial score (nSPS) is 10.2. The number of aromatic carboxylic acids is 1. The Morgan fingerprint density at radius 1 is 1.37 bits per heavy atom. The maximum Gasteiger partial charge on any atom is 0.339 e. The van der Waals surface area contributed by atoms with Gasteiger partial charge in [-0.2, -0.15) is 0 Å². The van der Waals surface area contributed by atoms with Crippen molar-refractivity contribution >= 4 is 33.9 Å². The number of carboxylic acids is 1. The third kappa shape index (κ3) is 2.97. The number of carboxylic acid groups (broad SMARTS) is 1. The quantitative estimate of drug-likeness (QED) is 0.858. The summed E-state index contributed by atoms with van der Waals surface area (Å²) in [5, 5.41) is 15.4. The predicted molar refractivity (Wildman–Crippen MR) is 80.2 cm³/mol. The van der Waals surface area contributed by atoms with Gasteiger partial charge in [-0.05, 0) is 24.6 Å². The smallest absolute Gasteiger partial charge is 0.339 e. The Morgan fingerprint density at radius 3 is 2.53 bits per heavy atom. The molecule has 0 radical (unpaired) electrons. The van der Waals surface area contributed by atoms with E-state index in [0.29, 0.717) is 21.3 Å². The Balaban J connectivity index is 2.51. The first-order valence-electron chi connectivity index (χ1n) is 5.52. The van der Waals surface area contributed by atoms with Crippen LogP contribution in [-0.2, 0) is 0 Å². The summed E-state index contributed by atoms with van der Waals surface area (Å²) in [6.45, 7) is 5.51. The van der Waals surface area contributed by atoms with Gasteiger partial charge in [-0.15, -0.1) is 11.3 Å². The van der Waals surface area contributed by atoms with E-state index in [4.69, 9.17) is 11.6 Å². The highest BCUT2D eigenvalue weighted by atomic mass is 35.5. The minimum absolute atomic E-state index is 0.260. The van der Waals surface area contributed by atoms with Crippen molar-refractivity contribution in [2.75, 3.05) is 5.32 Å². The molecular weight excluding hydrogens is 282 g/mol. The van der Waals surface area contributed by atoms with Crippen LogP contribution < -0.4 is 5.32 Å². The number of thiophene rings is 1. The number of rotatable bonds is 4. The van der Waals surface area contributed by atoms with Crippen molar-refractivity contribution in [3.05, 3.63) is 52.5 Å². The molecule has 98 valence electrons. The summed E-state index contributed by atoms with van der Waals surface area (Å²) >= 11 is 7.18. The largest absolute Gasteiger partial charge is 0.478 e. The number of carbonyl (C=O) groups is 1. The van der Waals surface area contributed by atoms with Crippen LogP contribution in [0.3, 0.4) is 0 Å². The molecule has 0 fully saturated rings. The van der Waals surface area contributed by atoms with Crippen LogP contribution in [0.1, 0.15) is 17.3 Å². The molecular formula is C14H12ClNO2S. The number of allylic oxidation sites excluding steroid dienone is 1. The van der Waals surface area contributed by atoms with Crippen molar-refractivity contribution in [3.63, 3.8) is 0 Å². The van der Waals surface area contributed by atoms with Crippen LogP contribution >= 0.6 is 22.9 Å². The lowest BCUT2D eigenvalue weighted by Gasteiger charge is -2.06. The highest BCUT2D eigenvalue weighted by molar-refractivity contribution is 7.15. The van der Waals surface area contributed by atoms with Crippen LogP contribution in [0.25, 0.3) is 11.1 Å². The first kappa shape index (κ1) is 13.6. The molecule has 1 heterocycles. The molecule has 0 aliphatic rings. The maximum absolute atomic E-state index is 11.4. The van der Waals surface area contributed by atoms with Gasteiger partial charge in [-0.3, -0.25) is 0 Å². The fraction of sp³-hybridized carbons (Fsp3) is 0.0714. The minimum atomic E-state index is -0.963. The Kier molecular flexibility index (Phi) is 3.93. The van der Waals surface area contributed by atoms with Crippen molar-refractivity contribution in [2.24, 2.45) is 0 Å². The van der Waals surface area contributed by atoms with Gasteiger partial charge in [0.05, 0.1) is 0 Å². The van der Waals surface area contributed by atoms with Gasteiger partial charge < -0.3 is 10.4 Å². The molecule has 0 amide bonds. The summed E-state index contributed by atoms with van der Waals surface area (Å²) in [7, 11) is 0. The molecule has 2 N–H and O–H groups in total. The molecule has 2 rings (SSSR count). The predicted octanol–water partition coefficient (Wildman–Crippen LogP) is 4.71. The Morgan fingerprint density at radius 2 is 2.00 bits per heavy atom. The minimum Gasteiger partial charge on any atom is -0.478 e. The molecule has 0 aliphatic heterocycles. The molecule has 3 nitrogen and oxygen atoms in total. The average Bonchev–Trinajstić information content (AvgIpc) is 2.73. The van der Waals surface area contributed by atoms with Crippen molar-refractivity contribution in [1.29, 1.82) is 0 Å². The van der Waals surface area contributed by atoms with Crippen LogP contribution in [-0.4, -0.2) is 11.1 Å². The van der Waals surface area contributed by atoms with Gasteiger partial charge in [0, 0.05) is 21.7 Å². The second-order valence-electron chi connectivity index (χ2n) is 4.07. The van der Waals surface area contributed by atoms with E-state index in [2.05, 4.69) is 11.9 Å². The highest BCUT2D eigenvalue weighted by Gasteiger charge is 2.19. The first-order chi connectivity index (χ1) is 8.99. The molecule has 0 saturated carbocycles. The maximum atomic E-state index is 11.4. The van der Waals surface area contributed by atoms with E-state index >= 15 is 0 Å². The molecule has 1 aromatic carbocycles. The molecule has 0 atom stereocenters. The van der Waals surface area contributed by atoms with Gasteiger partial charge in [0.25, 0.3) is 0 Å². The molecule has 2 aromatic rings. The zero-order valence-corrected chi connectivity index (χ0v) is 11.8. The number of hydrogen-bond acceptors (Lipinski definition) is 3. The van der Waals surface area contributed by atoms with Crippen molar-refractivity contribution < 1.29 is 9.90 Å². The molecule has 0 saturated heterocycles. The van der Waals surface area contributed by atoms with E-state index in [1.807, 2.05) is 5.38 Å². The summed E-state index contributed by atoms with van der Waals surface area (Å²) in [5.41, 5.74) is 2.47. The number of nitrogens with one attached hydrogen (secondary N) is 1. The fourth-order valence-electron chi connectivity index (χ4n) is 1.70. The summed E-state index contributed by atoms with van der Waals surface area (Å²) in [5.74, 6) is -0.963. The molecule has 1 aromatic heterocycles. The zero-order valence-electron chi connectivity index (χ0n) is 10.2. The Hall–Kier alpha value is -1.78. The van der Waals surface area contributed by atoms with E-state index in [0.717, 1.165) is 5.56 Å². The van der Waals surface area contributed by atoms with Crippen molar-refractivity contribution in [2.45, 2.75) is 6.92 Å². The topological polar surface area (TPSA) is 49.3 Å². The Labute approximate surface area is 120 Å². The van der Waals surface area contributed by atoms with Gasteiger partial charge in [-0.25, -0.2) is 4.79 Å². The van der Waals surface area contributed by atoms with E-state index in [1.54, 1.807) is 31.2 Å². The summed E-state index contributed by atoms with van der Waals surface area (Å²) in [6, 6.07) is 7.10. The average molecular weight is 294 g/mol. The van der Waals surface area contributed by atoms with Gasteiger partial charge in [0.1, 0.15) is 10.6 Å². The monoisotopic (exact) mass is 293 g/mol. The fourth-order valence-corrected chi connectivity index (χ4v) is 2.86. The lowest BCUT2D eigenvalue weighted by atomic mass is 10.0. The van der Waals surface area contributed by atoms with Gasteiger partial charge in [-0.1, -0.05) is 30.3 Å². The third-order valence-electron chi connectivity index (χ3n) is 2.49. The second-order valence-corrected chi connectivity index (χ2v) is 5.39. The number of hydrogen-bond donors (Lipinski definition) is 2. The Bertz CT molecular complexity index is 631. The standard InChI is InChI=1S/C14H12ClNO2S/c1-8(2)16-13-12(14(17)18)11(7-19-13)9-3-5-10(15)6-4-9/h3-7,16H,1H2,2H3,(H,17,18). The molecule has 5 heteroatoms. The van der Waals surface area contributed by atoms with Gasteiger partial charge >= 0.3 is 5.97 Å². The van der Waals surface area contributed by atoms with Gasteiger partial charge in [0.2, 0.25) is 0 Å². The van der Waals surface area contributed by atoms with Crippen molar-refractivity contribution in [3.8, 4) is 11.1 Å². The van der Waals surface area contributed by atoms with Crippen molar-refractivity contribution in [1.82, 2.24) is 0 Å². The van der Waals surface area contributed by atoms with Gasteiger partial charge in [0.15, 0.2) is 0 Å². The van der Waals surface area contributed by atoms with E-state index < -0.39 is 5.97 Å². The SMILES string of the molecule is C=C(C)Nc1scc(-c2ccc(Cl)cc2)c1C(=O)O. The summed E-state index contributed by atoms with van der Waals surface area (Å²) < 4.78 is 0. The number of halogens is 1. The van der Waals surface area contributed by atoms with E-state index in [9.17, 15) is 9.90 Å². The van der Waals surface area contributed by atoms with E-state index in [-0.39, 0.29) is 5.56 Å². The molecule has 0 aliphatic carbocycles. The first-order valence-corrected chi connectivity index (χ1v) is 6.78. The van der Waals surface area contributed by atoms with Crippen LogP contribution in [0.4, 0.5) is 5.00 Å². The second kappa shape index (κ2) is 5.47. The number of benzene rings is 1. The summed E-state index contributed by atoms with van der Waals surface area (Å²) in [6.07, 6.45) is 0. The lowest BCUT2D eigenvalue weighted by Crippen LogP contribution is -2.02. The molecule has 0 spiro atoms. The highest BCUT2D eigenvalue weighted by Crippen LogP contribution is 2.36. The van der Waals surface area contributed by atoms with Crippen LogP contribution in [0, 0.1) is 0 Å². The van der Waals surface area contributed by atoms with E-state index in [1.165, 1.54) is 11.3 Å². The lowest BCUT2D eigenvalue weighted by molar-refractivity contribution is 0.0699. The molecule has 19 heavy (non-hydrogen) atoms. The third-order valence-corrected chi connectivity index (χ3v) is 3.63.